The molecular weight excluding hydrogens is 231 g/mol. The minimum atomic E-state index is -4.57. The summed E-state index contributed by atoms with van der Waals surface area (Å²) in [5, 5.41) is 19.4. The Labute approximate surface area is 88.4 Å². The van der Waals surface area contributed by atoms with Gasteiger partial charge in [-0.05, 0) is 12.8 Å². The maximum atomic E-state index is 12.4. The number of alkyl halides is 3. The lowest BCUT2D eigenvalue weighted by Gasteiger charge is -2.31. The fraction of sp³-hybridized carbons (Fsp3) is 0.875. The Hall–Kier alpha value is -1.34. The molecule has 0 radical (unpaired) electrons. The van der Waals surface area contributed by atoms with Crippen LogP contribution in [-0.4, -0.2) is 27.7 Å². The second kappa shape index (κ2) is 3.91. The Bertz CT molecular complexity index is 301. The van der Waals surface area contributed by atoms with Crippen LogP contribution in [0.5, 0.6) is 0 Å². The van der Waals surface area contributed by atoms with Gasteiger partial charge >= 0.3 is 17.7 Å². The van der Waals surface area contributed by atoms with E-state index in [1.54, 1.807) is 0 Å². The van der Waals surface area contributed by atoms with Gasteiger partial charge in [-0.25, -0.2) is 4.79 Å². The number of nitrogens with zero attached hydrogens (tertiary/aromatic N) is 1. The Morgan fingerprint density at radius 2 is 2.06 bits per heavy atom. The van der Waals surface area contributed by atoms with Gasteiger partial charge in [-0.2, -0.15) is 13.2 Å². The first-order valence-corrected chi connectivity index (χ1v) is 4.65. The van der Waals surface area contributed by atoms with Gasteiger partial charge < -0.3 is 5.11 Å². The first-order valence-electron chi connectivity index (χ1n) is 4.65. The molecule has 0 aromatic rings. The van der Waals surface area contributed by atoms with Crippen LogP contribution in [0, 0.1) is 16.0 Å². The van der Waals surface area contributed by atoms with Crippen LogP contribution >= 0.6 is 0 Å². The molecule has 0 aromatic carbocycles. The fourth-order valence-corrected chi connectivity index (χ4v) is 1.97. The van der Waals surface area contributed by atoms with Gasteiger partial charge in [0.2, 0.25) is 0 Å². The lowest BCUT2D eigenvalue weighted by atomic mass is 9.76. The highest BCUT2D eigenvalue weighted by Crippen LogP contribution is 2.43. The minimum absolute atomic E-state index is 0.0997. The van der Waals surface area contributed by atoms with Crippen LogP contribution in [0.4, 0.5) is 13.2 Å². The van der Waals surface area contributed by atoms with Crippen molar-refractivity contribution in [3.63, 3.8) is 0 Å². The zero-order chi connectivity index (χ0) is 12.6. The SMILES string of the molecule is O=C(O)C1([N+](=O)[O-])CCCC(C(F)(F)F)C1. The predicted molar refractivity (Wildman–Crippen MR) is 45.4 cm³/mol. The highest BCUT2D eigenvalue weighted by Gasteiger charge is 2.59. The third-order valence-electron chi connectivity index (χ3n) is 2.94. The van der Waals surface area contributed by atoms with E-state index in [9.17, 15) is 28.1 Å². The van der Waals surface area contributed by atoms with Crippen LogP contribution in [0.25, 0.3) is 0 Å². The van der Waals surface area contributed by atoms with Crippen molar-refractivity contribution in [2.75, 3.05) is 0 Å². The number of nitro groups is 1. The summed E-state index contributed by atoms with van der Waals surface area (Å²) in [4.78, 5) is 20.3. The molecular formula is C8H10F3NO4. The predicted octanol–water partition coefficient (Wildman–Crippen LogP) is 1.84. The molecule has 8 heteroatoms. The third-order valence-corrected chi connectivity index (χ3v) is 2.94. The van der Waals surface area contributed by atoms with E-state index in [2.05, 4.69) is 0 Å². The van der Waals surface area contributed by atoms with Gasteiger partial charge in [0.25, 0.3) is 0 Å². The second-order valence-electron chi connectivity index (χ2n) is 3.93. The van der Waals surface area contributed by atoms with E-state index in [1.807, 2.05) is 0 Å². The molecule has 0 aromatic heterocycles. The first kappa shape index (κ1) is 12.7. The molecule has 0 heterocycles. The van der Waals surface area contributed by atoms with Gasteiger partial charge in [0.1, 0.15) is 0 Å². The first-order chi connectivity index (χ1) is 7.20. The molecule has 0 spiro atoms. The summed E-state index contributed by atoms with van der Waals surface area (Å²) in [5.74, 6) is -3.69. The molecule has 1 aliphatic carbocycles. The van der Waals surface area contributed by atoms with Crippen LogP contribution < -0.4 is 0 Å². The highest BCUT2D eigenvalue weighted by atomic mass is 19.4. The Balaban J connectivity index is 2.97. The maximum absolute atomic E-state index is 12.4. The molecule has 0 saturated heterocycles. The summed E-state index contributed by atoms with van der Waals surface area (Å²) in [6.07, 6.45) is -6.23. The molecule has 0 bridgehead atoms. The van der Waals surface area contributed by atoms with Gasteiger partial charge in [0.15, 0.2) is 0 Å². The summed E-state index contributed by atoms with van der Waals surface area (Å²) in [6.45, 7) is 0. The van der Waals surface area contributed by atoms with Crippen molar-refractivity contribution in [2.45, 2.75) is 37.4 Å². The van der Waals surface area contributed by atoms with E-state index in [0.717, 1.165) is 0 Å². The lowest BCUT2D eigenvalue weighted by Crippen LogP contribution is -2.51. The number of carboxylic acids is 1. The number of rotatable bonds is 2. The molecule has 1 saturated carbocycles. The quantitative estimate of drug-likeness (QED) is 0.590. The largest absolute Gasteiger partial charge is 0.476 e. The van der Waals surface area contributed by atoms with E-state index in [-0.39, 0.29) is 19.3 Å². The Morgan fingerprint density at radius 1 is 1.50 bits per heavy atom. The number of carboxylic acid groups (broad SMARTS) is 1. The van der Waals surface area contributed by atoms with Crippen molar-refractivity contribution >= 4 is 5.97 Å². The monoisotopic (exact) mass is 241 g/mol. The molecule has 0 amide bonds. The van der Waals surface area contributed by atoms with Crippen molar-refractivity contribution in [3.8, 4) is 0 Å². The Kier molecular flexibility index (Phi) is 3.11. The molecule has 0 aliphatic heterocycles. The molecule has 1 rings (SSSR count). The third kappa shape index (κ3) is 2.10. The van der Waals surface area contributed by atoms with Crippen molar-refractivity contribution in [1.29, 1.82) is 0 Å². The van der Waals surface area contributed by atoms with Gasteiger partial charge in [0, 0.05) is 17.8 Å². The number of carbonyl (C=O) groups is 1. The van der Waals surface area contributed by atoms with Crippen LogP contribution in [0.2, 0.25) is 0 Å². The second-order valence-corrected chi connectivity index (χ2v) is 3.93. The number of halogens is 3. The van der Waals surface area contributed by atoms with Crippen molar-refractivity contribution in [1.82, 2.24) is 0 Å². The maximum Gasteiger partial charge on any atom is 0.392 e. The van der Waals surface area contributed by atoms with E-state index >= 15 is 0 Å². The van der Waals surface area contributed by atoms with Gasteiger partial charge in [-0.15, -0.1) is 0 Å². The zero-order valence-corrected chi connectivity index (χ0v) is 8.16. The lowest BCUT2D eigenvalue weighted by molar-refractivity contribution is -0.563. The molecule has 16 heavy (non-hydrogen) atoms. The topological polar surface area (TPSA) is 80.4 Å². The normalized spacial score (nSPS) is 31.1. The van der Waals surface area contributed by atoms with Crippen LogP contribution in [0.1, 0.15) is 25.7 Å². The minimum Gasteiger partial charge on any atom is -0.476 e. The molecule has 1 fully saturated rings. The van der Waals surface area contributed by atoms with E-state index in [4.69, 9.17) is 5.11 Å². The van der Waals surface area contributed by atoms with Gasteiger partial charge in [-0.1, -0.05) is 0 Å². The molecule has 5 nitrogen and oxygen atoms in total. The van der Waals surface area contributed by atoms with Crippen LogP contribution in [0.3, 0.4) is 0 Å². The average molecular weight is 241 g/mol. The fourth-order valence-electron chi connectivity index (χ4n) is 1.97. The Morgan fingerprint density at radius 3 is 2.44 bits per heavy atom. The van der Waals surface area contributed by atoms with Crippen molar-refractivity contribution < 1.29 is 28.0 Å². The number of hydrogen-bond donors (Lipinski definition) is 1. The molecule has 2 unspecified atom stereocenters. The summed E-state index contributed by atoms with van der Waals surface area (Å²) in [5.41, 5.74) is -2.47. The van der Waals surface area contributed by atoms with E-state index < -0.39 is 34.9 Å². The van der Waals surface area contributed by atoms with Gasteiger partial charge in [-0.3, -0.25) is 10.1 Å². The van der Waals surface area contributed by atoms with Gasteiger partial charge in [0.05, 0.1) is 5.92 Å². The molecule has 1 N–H and O–H groups in total. The van der Waals surface area contributed by atoms with Crippen molar-refractivity contribution in [3.05, 3.63) is 10.1 Å². The number of hydrogen-bond acceptors (Lipinski definition) is 3. The van der Waals surface area contributed by atoms with Crippen LogP contribution in [-0.2, 0) is 4.79 Å². The van der Waals surface area contributed by atoms with Crippen molar-refractivity contribution in [2.24, 2.45) is 5.92 Å². The van der Waals surface area contributed by atoms with E-state index in [1.165, 1.54) is 0 Å². The molecule has 1 aliphatic rings. The summed E-state index contributed by atoms with van der Waals surface area (Å²) in [6, 6.07) is 0. The standard InChI is InChI=1S/C8H10F3NO4/c9-8(10,11)5-2-1-3-7(4-5,6(13)14)12(15)16/h5H,1-4H2,(H,13,14). The summed E-state index contributed by atoms with van der Waals surface area (Å²) in [7, 11) is 0. The average Bonchev–Trinajstić information content (AvgIpc) is 2.16. The van der Waals surface area contributed by atoms with Crippen LogP contribution in [0.15, 0.2) is 0 Å². The number of aliphatic carboxylic acids is 1. The smallest absolute Gasteiger partial charge is 0.392 e. The van der Waals surface area contributed by atoms with E-state index in [0.29, 0.717) is 0 Å². The molecule has 92 valence electrons. The highest BCUT2D eigenvalue weighted by molar-refractivity contribution is 5.77. The summed E-state index contributed by atoms with van der Waals surface area (Å²) < 4.78 is 37.2. The zero-order valence-electron chi connectivity index (χ0n) is 8.16. The summed E-state index contributed by atoms with van der Waals surface area (Å²) >= 11 is 0. The molecule has 2 atom stereocenters.